The molecular weight excluding hydrogens is 548 g/mol. The molecule has 4 rings (SSSR count). The zero-order chi connectivity index (χ0) is 28.7. The first kappa shape index (κ1) is 30.6. The van der Waals surface area contributed by atoms with Crippen LogP contribution in [0, 0.1) is 0 Å². The Morgan fingerprint density at radius 2 is 0.725 bits per heavy atom. The summed E-state index contributed by atoms with van der Waals surface area (Å²) in [6.07, 6.45) is 0. The minimum absolute atomic E-state index is 0.245. The molecule has 0 aromatic heterocycles. The Balaban J connectivity index is 0.000000220. The quantitative estimate of drug-likeness (QED) is 0.166. The summed E-state index contributed by atoms with van der Waals surface area (Å²) in [7, 11) is -2.92. The van der Waals surface area contributed by atoms with Crippen LogP contribution < -0.4 is 11.0 Å². The second-order valence-corrected chi connectivity index (χ2v) is 11.6. The van der Waals surface area contributed by atoms with Gasteiger partial charge in [0, 0.05) is 21.6 Å². The van der Waals surface area contributed by atoms with Gasteiger partial charge in [0.25, 0.3) is 11.8 Å². The molecule has 0 aliphatic carbocycles. The molecule has 2 atom stereocenters. The summed E-state index contributed by atoms with van der Waals surface area (Å²) in [6.45, 7) is 0. The molecule has 2 unspecified atom stereocenters. The van der Waals surface area contributed by atoms with Gasteiger partial charge in [-0.05, 0) is 22.3 Å². The highest BCUT2D eigenvalue weighted by Gasteiger charge is 2.24. The number of nitrogens with one attached hydrogen (secondary N) is 2. The third-order valence-electron chi connectivity index (χ3n) is 5.73. The highest BCUT2D eigenvalue weighted by Crippen LogP contribution is 2.29. The van der Waals surface area contributed by atoms with Crippen LogP contribution in [0.3, 0.4) is 0 Å². The SMILES string of the molecule is O=C(CS(=O)C(c1ccccc1)c1ccccc1)NO.O=C(CS(=O)C(c1ccccc1)c1ccccc1)NO. The maximum atomic E-state index is 12.5. The molecule has 0 aliphatic heterocycles. The van der Waals surface area contributed by atoms with E-state index in [1.165, 1.54) is 11.0 Å². The standard InChI is InChI=1S/2C15H15NO3S/c2*17-14(16-18)11-20(19)15(12-7-3-1-4-8-12)13-9-5-2-6-10-13/h2*1-10,15,18H,11H2,(H,16,17). The molecule has 8 nitrogen and oxygen atoms in total. The molecule has 40 heavy (non-hydrogen) atoms. The maximum absolute atomic E-state index is 12.5. The van der Waals surface area contributed by atoms with E-state index < -0.39 is 43.9 Å². The van der Waals surface area contributed by atoms with Crippen LogP contribution in [0.1, 0.15) is 32.8 Å². The third-order valence-corrected chi connectivity index (χ3v) is 8.96. The summed E-state index contributed by atoms with van der Waals surface area (Å²) in [6, 6.07) is 37.5. The topological polar surface area (TPSA) is 133 Å². The molecule has 0 fully saturated rings. The van der Waals surface area contributed by atoms with E-state index in [1.807, 2.05) is 121 Å². The monoisotopic (exact) mass is 578 g/mol. The number of carbonyl (C=O) groups excluding carboxylic acids is 2. The fraction of sp³-hybridized carbons (Fsp3) is 0.133. The van der Waals surface area contributed by atoms with Crippen molar-refractivity contribution in [2.24, 2.45) is 0 Å². The van der Waals surface area contributed by atoms with E-state index in [2.05, 4.69) is 0 Å². The molecule has 0 heterocycles. The first-order chi connectivity index (χ1) is 19.4. The molecule has 2 amide bonds. The van der Waals surface area contributed by atoms with Crippen molar-refractivity contribution in [3.8, 4) is 0 Å². The molecule has 4 aromatic rings. The van der Waals surface area contributed by atoms with Gasteiger partial charge in [0.15, 0.2) is 0 Å². The van der Waals surface area contributed by atoms with Crippen molar-refractivity contribution in [2.45, 2.75) is 10.5 Å². The average molecular weight is 579 g/mol. The Morgan fingerprint density at radius 3 is 0.925 bits per heavy atom. The Morgan fingerprint density at radius 1 is 0.500 bits per heavy atom. The van der Waals surface area contributed by atoms with Crippen molar-refractivity contribution in [1.29, 1.82) is 0 Å². The Labute approximate surface area is 237 Å². The van der Waals surface area contributed by atoms with Crippen molar-refractivity contribution >= 4 is 33.4 Å². The summed E-state index contributed by atoms with van der Waals surface area (Å²) in [5.74, 6) is -1.80. The number of hydrogen-bond acceptors (Lipinski definition) is 6. The predicted molar refractivity (Wildman–Crippen MR) is 155 cm³/mol. The predicted octanol–water partition coefficient (Wildman–Crippen LogP) is 4.06. The number of benzene rings is 4. The van der Waals surface area contributed by atoms with Gasteiger partial charge in [0.05, 0.1) is 10.5 Å². The summed E-state index contributed by atoms with van der Waals surface area (Å²) in [5.41, 5.74) is 6.55. The molecule has 0 saturated heterocycles. The van der Waals surface area contributed by atoms with Gasteiger partial charge in [-0.1, -0.05) is 121 Å². The molecular formula is C30H30N2O6S2. The van der Waals surface area contributed by atoms with E-state index in [0.717, 1.165) is 22.3 Å². The highest BCUT2D eigenvalue weighted by molar-refractivity contribution is 7.86. The number of rotatable bonds is 10. The normalized spacial score (nSPS) is 12.1. The first-order valence-electron chi connectivity index (χ1n) is 12.2. The van der Waals surface area contributed by atoms with E-state index in [0.29, 0.717) is 0 Å². The fourth-order valence-corrected chi connectivity index (χ4v) is 6.82. The van der Waals surface area contributed by atoms with Crippen LogP contribution in [0.15, 0.2) is 121 Å². The lowest BCUT2D eigenvalue weighted by Gasteiger charge is -2.17. The van der Waals surface area contributed by atoms with Crippen molar-refractivity contribution in [1.82, 2.24) is 11.0 Å². The number of carbonyl (C=O) groups is 2. The Kier molecular flexibility index (Phi) is 12.4. The zero-order valence-electron chi connectivity index (χ0n) is 21.5. The van der Waals surface area contributed by atoms with Gasteiger partial charge in [0.2, 0.25) is 0 Å². The van der Waals surface area contributed by atoms with Crippen LogP contribution in [0.2, 0.25) is 0 Å². The lowest BCUT2D eigenvalue weighted by Crippen LogP contribution is -2.27. The minimum atomic E-state index is -1.46. The molecule has 0 saturated carbocycles. The van der Waals surface area contributed by atoms with E-state index >= 15 is 0 Å². The maximum Gasteiger partial charge on any atom is 0.255 e. The summed E-state index contributed by atoms with van der Waals surface area (Å²) < 4.78 is 24.9. The smallest absolute Gasteiger partial charge is 0.255 e. The summed E-state index contributed by atoms with van der Waals surface area (Å²) >= 11 is 0. The molecule has 0 spiro atoms. The third kappa shape index (κ3) is 9.06. The number of hydroxylamine groups is 2. The van der Waals surface area contributed by atoms with Gasteiger partial charge in [-0.25, -0.2) is 11.0 Å². The Bertz CT molecular complexity index is 1200. The lowest BCUT2D eigenvalue weighted by molar-refractivity contribution is -0.127. The van der Waals surface area contributed by atoms with E-state index in [9.17, 15) is 18.0 Å². The van der Waals surface area contributed by atoms with Gasteiger partial charge in [-0.2, -0.15) is 0 Å². The van der Waals surface area contributed by atoms with E-state index in [1.54, 1.807) is 0 Å². The van der Waals surface area contributed by atoms with Gasteiger partial charge in [0.1, 0.15) is 11.5 Å². The van der Waals surface area contributed by atoms with Crippen molar-refractivity contribution in [2.75, 3.05) is 11.5 Å². The summed E-state index contributed by atoms with van der Waals surface area (Å²) in [4.78, 5) is 22.5. The van der Waals surface area contributed by atoms with Gasteiger partial charge in [-0.15, -0.1) is 0 Å². The molecule has 0 bridgehead atoms. The minimum Gasteiger partial charge on any atom is -0.289 e. The molecule has 0 radical (unpaired) electrons. The largest absolute Gasteiger partial charge is 0.289 e. The van der Waals surface area contributed by atoms with E-state index in [4.69, 9.17) is 10.4 Å². The Hall–Kier alpha value is -3.96. The summed E-state index contributed by atoms with van der Waals surface area (Å²) in [5, 5.41) is 16.4. The second kappa shape index (κ2) is 16.2. The molecule has 10 heteroatoms. The highest BCUT2D eigenvalue weighted by atomic mass is 32.2. The zero-order valence-corrected chi connectivity index (χ0v) is 23.1. The van der Waals surface area contributed by atoms with E-state index in [-0.39, 0.29) is 11.5 Å². The van der Waals surface area contributed by atoms with Gasteiger partial charge in [-0.3, -0.25) is 28.4 Å². The van der Waals surface area contributed by atoms with Crippen molar-refractivity contribution < 1.29 is 28.4 Å². The van der Waals surface area contributed by atoms with Gasteiger partial charge < -0.3 is 0 Å². The molecule has 4 aromatic carbocycles. The number of amides is 2. The van der Waals surface area contributed by atoms with Crippen LogP contribution in [-0.2, 0) is 31.2 Å². The first-order valence-corrected chi connectivity index (χ1v) is 15.0. The molecule has 0 aliphatic rings. The fourth-order valence-electron chi connectivity index (χ4n) is 3.99. The number of hydrogen-bond donors (Lipinski definition) is 4. The van der Waals surface area contributed by atoms with Crippen LogP contribution in [0.25, 0.3) is 0 Å². The molecule has 4 N–H and O–H groups in total. The van der Waals surface area contributed by atoms with Gasteiger partial charge >= 0.3 is 0 Å². The average Bonchev–Trinajstić information content (AvgIpc) is 3.00. The van der Waals surface area contributed by atoms with Crippen LogP contribution in [0.4, 0.5) is 0 Å². The van der Waals surface area contributed by atoms with Crippen LogP contribution >= 0.6 is 0 Å². The second-order valence-electron chi connectivity index (χ2n) is 8.52. The van der Waals surface area contributed by atoms with Crippen molar-refractivity contribution in [3.63, 3.8) is 0 Å². The van der Waals surface area contributed by atoms with Crippen LogP contribution in [0.5, 0.6) is 0 Å². The van der Waals surface area contributed by atoms with Crippen LogP contribution in [-0.4, -0.2) is 42.2 Å². The molecule has 208 valence electrons. The lowest BCUT2D eigenvalue weighted by atomic mass is 10.0. The van der Waals surface area contributed by atoms with Crippen molar-refractivity contribution in [3.05, 3.63) is 144 Å².